The van der Waals surface area contributed by atoms with E-state index in [0.29, 0.717) is 6.54 Å². The van der Waals surface area contributed by atoms with E-state index in [4.69, 9.17) is 0 Å². The fourth-order valence-corrected chi connectivity index (χ4v) is 2.16. The Labute approximate surface area is 87.0 Å². The number of fused-ring (bicyclic) bond motifs is 2. The zero-order chi connectivity index (χ0) is 10.4. The third-order valence-corrected chi connectivity index (χ3v) is 2.93. The van der Waals surface area contributed by atoms with Crippen LogP contribution < -0.4 is 0 Å². The Morgan fingerprint density at radius 3 is 2.87 bits per heavy atom. The molecule has 0 saturated heterocycles. The highest BCUT2D eigenvalue weighted by atomic mass is 16.2. The minimum Gasteiger partial charge on any atom is -0.321 e. The first kappa shape index (κ1) is 8.41. The number of Topliss-reactive ketones (excluding diaryl/α,β-unsaturated/α-hetero) is 1. The fraction of sp³-hybridized carbons (Fsp3) is 0.167. The number of nitrogens with zero attached hydrogens (tertiary/aromatic N) is 1. The minimum absolute atomic E-state index is 0.0268. The molecule has 3 nitrogen and oxygen atoms in total. The Kier molecular flexibility index (Phi) is 1.57. The molecule has 2 aliphatic rings. The maximum absolute atomic E-state index is 12.0. The first-order valence-corrected chi connectivity index (χ1v) is 4.88. The topological polar surface area (TPSA) is 37.4 Å². The van der Waals surface area contributed by atoms with E-state index >= 15 is 0 Å². The summed E-state index contributed by atoms with van der Waals surface area (Å²) in [5, 5.41) is 0. The van der Waals surface area contributed by atoms with Gasteiger partial charge in [-0.15, -0.1) is 0 Å². The molecule has 3 heteroatoms. The van der Waals surface area contributed by atoms with Crippen molar-refractivity contribution in [3.05, 3.63) is 47.5 Å². The molecule has 2 aliphatic heterocycles. The molecule has 1 amide bonds. The Morgan fingerprint density at radius 1 is 1.20 bits per heavy atom. The fourth-order valence-electron chi connectivity index (χ4n) is 2.16. The number of amides is 1. The number of ketones is 1. The van der Waals surface area contributed by atoms with Crippen molar-refractivity contribution in [1.29, 1.82) is 0 Å². The summed E-state index contributed by atoms with van der Waals surface area (Å²) in [5.41, 5.74) is 1.69. The molecule has 3 rings (SSSR count). The Balaban J connectivity index is 2.13. The Hall–Kier alpha value is -1.90. The number of hydrogen-bond donors (Lipinski definition) is 0. The van der Waals surface area contributed by atoms with Crippen LogP contribution in [0.1, 0.15) is 15.9 Å². The monoisotopic (exact) mass is 199 g/mol. The predicted molar refractivity (Wildman–Crippen MR) is 54.3 cm³/mol. The van der Waals surface area contributed by atoms with Crippen LogP contribution in [-0.4, -0.2) is 22.6 Å². The molecule has 1 atom stereocenters. The summed E-state index contributed by atoms with van der Waals surface area (Å²) in [4.78, 5) is 25.1. The van der Waals surface area contributed by atoms with Gasteiger partial charge in [-0.3, -0.25) is 9.59 Å². The molecular formula is C12H9NO2. The molecular weight excluding hydrogens is 190 g/mol. The first-order valence-electron chi connectivity index (χ1n) is 4.88. The summed E-state index contributed by atoms with van der Waals surface area (Å²) < 4.78 is 0. The summed E-state index contributed by atoms with van der Waals surface area (Å²) >= 11 is 0. The third kappa shape index (κ3) is 1.06. The van der Waals surface area contributed by atoms with Crippen LogP contribution in [-0.2, 0) is 11.3 Å². The van der Waals surface area contributed by atoms with Crippen LogP contribution in [0.3, 0.4) is 0 Å². The van der Waals surface area contributed by atoms with Crippen molar-refractivity contribution in [3.63, 3.8) is 0 Å². The number of hydrogen-bond acceptors (Lipinski definition) is 2. The van der Waals surface area contributed by atoms with E-state index in [1.54, 1.807) is 11.0 Å². The second-order valence-electron chi connectivity index (χ2n) is 3.79. The molecule has 0 spiro atoms. The van der Waals surface area contributed by atoms with Gasteiger partial charge in [0.1, 0.15) is 6.04 Å². The second kappa shape index (κ2) is 2.79. The van der Waals surface area contributed by atoms with E-state index < -0.39 is 0 Å². The van der Waals surface area contributed by atoms with Crippen LogP contribution in [0.4, 0.5) is 0 Å². The van der Waals surface area contributed by atoms with E-state index in [2.05, 4.69) is 0 Å². The summed E-state index contributed by atoms with van der Waals surface area (Å²) in [5.74, 6) is -0.0400. The van der Waals surface area contributed by atoms with Gasteiger partial charge in [-0.1, -0.05) is 24.3 Å². The lowest BCUT2D eigenvalue weighted by atomic mass is 9.94. The molecule has 1 aromatic carbocycles. The molecule has 0 radical (unpaired) electrons. The van der Waals surface area contributed by atoms with Crippen LogP contribution in [0, 0.1) is 0 Å². The van der Waals surface area contributed by atoms with Crippen molar-refractivity contribution in [2.75, 3.05) is 0 Å². The average Bonchev–Trinajstić information content (AvgIpc) is 2.62. The predicted octanol–water partition coefficient (Wildman–Crippen LogP) is 1.15. The highest BCUT2D eigenvalue weighted by molar-refractivity contribution is 6.09. The van der Waals surface area contributed by atoms with Gasteiger partial charge in [0.2, 0.25) is 5.91 Å². The number of carbonyl (C=O) groups is 2. The van der Waals surface area contributed by atoms with Crippen molar-refractivity contribution >= 4 is 11.7 Å². The molecule has 0 aliphatic carbocycles. The van der Waals surface area contributed by atoms with Gasteiger partial charge in [0.25, 0.3) is 0 Å². The van der Waals surface area contributed by atoms with Gasteiger partial charge in [0, 0.05) is 18.2 Å². The maximum Gasteiger partial charge on any atom is 0.247 e. The van der Waals surface area contributed by atoms with Crippen LogP contribution >= 0.6 is 0 Å². The molecule has 74 valence electrons. The molecule has 0 aromatic heterocycles. The standard InChI is InChI=1S/C12H9NO2/c14-11-6-5-10-12(15)9-4-2-1-3-8(9)7-13(10)11/h1-6,10H,7H2. The second-order valence-corrected chi connectivity index (χ2v) is 3.79. The van der Waals surface area contributed by atoms with Crippen molar-refractivity contribution in [2.45, 2.75) is 12.6 Å². The smallest absolute Gasteiger partial charge is 0.247 e. The van der Waals surface area contributed by atoms with Crippen LogP contribution in [0.25, 0.3) is 0 Å². The number of benzene rings is 1. The Morgan fingerprint density at radius 2 is 2.00 bits per heavy atom. The van der Waals surface area contributed by atoms with Crippen LogP contribution in [0.15, 0.2) is 36.4 Å². The van der Waals surface area contributed by atoms with E-state index in [9.17, 15) is 9.59 Å². The minimum atomic E-state index is -0.368. The zero-order valence-electron chi connectivity index (χ0n) is 8.01. The molecule has 1 aromatic rings. The van der Waals surface area contributed by atoms with Crippen molar-refractivity contribution < 1.29 is 9.59 Å². The van der Waals surface area contributed by atoms with Gasteiger partial charge in [-0.25, -0.2) is 0 Å². The van der Waals surface area contributed by atoms with Crippen LogP contribution in [0.2, 0.25) is 0 Å². The highest BCUT2D eigenvalue weighted by Gasteiger charge is 2.36. The van der Waals surface area contributed by atoms with Gasteiger partial charge in [0.15, 0.2) is 5.78 Å². The van der Waals surface area contributed by atoms with E-state index in [0.717, 1.165) is 11.1 Å². The zero-order valence-corrected chi connectivity index (χ0v) is 8.01. The van der Waals surface area contributed by atoms with Gasteiger partial charge in [-0.05, 0) is 11.6 Å². The lowest BCUT2D eigenvalue weighted by Crippen LogP contribution is -2.43. The maximum atomic E-state index is 12.0. The molecule has 0 bridgehead atoms. The molecule has 0 fully saturated rings. The van der Waals surface area contributed by atoms with Gasteiger partial charge in [0.05, 0.1) is 0 Å². The third-order valence-electron chi connectivity index (χ3n) is 2.93. The molecule has 2 heterocycles. The van der Waals surface area contributed by atoms with Gasteiger partial charge < -0.3 is 4.90 Å². The number of carbonyl (C=O) groups excluding carboxylic acids is 2. The lowest BCUT2D eigenvalue weighted by molar-refractivity contribution is -0.126. The normalized spacial score (nSPS) is 22.9. The van der Waals surface area contributed by atoms with Crippen molar-refractivity contribution in [2.24, 2.45) is 0 Å². The summed E-state index contributed by atoms with van der Waals surface area (Å²) in [7, 11) is 0. The summed E-state index contributed by atoms with van der Waals surface area (Å²) in [6, 6.07) is 7.10. The summed E-state index contributed by atoms with van der Waals surface area (Å²) in [6.45, 7) is 0.540. The van der Waals surface area contributed by atoms with Crippen molar-refractivity contribution in [1.82, 2.24) is 4.90 Å². The Bertz CT molecular complexity index is 490. The van der Waals surface area contributed by atoms with Crippen molar-refractivity contribution in [3.8, 4) is 0 Å². The van der Waals surface area contributed by atoms with Gasteiger partial charge in [-0.2, -0.15) is 0 Å². The lowest BCUT2D eigenvalue weighted by Gasteiger charge is -2.29. The molecule has 0 N–H and O–H groups in total. The van der Waals surface area contributed by atoms with E-state index in [1.807, 2.05) is 24.3 Å². The SMILES string of the molecule is O=C1c2ccccc2CN2C(=O)C=CC12. The first-order chi connectivity index (χ1) is 7.27. The largest absolute Gasteiger partial charge is 0.321 e. The summed E-state index contributed by atoms with van der Waals surface area (Å²) in [6.07, 6.45) is 3.16. The van der Waals surface area contributed by atoms with E-state index in [1.165, 1.54) is 6.08 Å². The molecule has 1 unspecified atom stereocenters. The van der Waals surface area contributed by atoms with E-state index in [-0.39, 0.29) is 17.7 Å². The highest BCUT2D eigenvalue weighted by Crippen LogP contribution is 2.26. The quantitative estimate of drug-likeness (QED) is 0.628. The molecule has 15 heavy (non-hydrogen) atoms. The molecule has 0 saturated carbocycles. The van der Waals surface area contributed by atoms with Gasteiger partial charge >= 0.3 is 0 Å². The average molecular weight is 199 g/mol. The number of rotatable bonds is 0. The van der Waals surface area contributed by atoms with Crippen LogP contribution in [0.5, 0.6) is 0 Å².